The molecule has 0 aliphatic heterocycles. The molecule has 0 aliphatic rings. The second-order valence-electron chi connectivity index (χ2n) is 5.25. The van der Waals surface area contributed by atoms with Gasteiger partial charge in [-0.25, -0.2) is 4.79 Å². The van der Waals surface area contributed by atoms with Crippen LogP contribution >= 0.6 is 11.3 Å². The molecule has 0 atom stereocenters. The summed E-state index contributed by atoms with van der Waals surface area (Å²) in [7, 11) is 0. The molecule has 0 unspecified atom stereocenters. The second kappa shape index (κ2) is 6.05. The molecule has 2 aromatic rings. The molecule has 5 nitrogen and oxygen atoms in total. The molecule has 21 heavy (non-hydrogen) atoms. The van der Waals surface area contributed by atoms with Crippen molar-refractivity contribution in [3.8, 4) is 0 Å². The lowest BCUT2D eigenvalue weighted by molar-refractivity contribution is 0.0690. The van der Waals surface area contributed by atoms with Crippen LogP contribution in [0, 0.1) is 0 Å². The Labute approximate surface area is 126 Å². The summed E-state index contributed by atoms with van der Waals surface area (Å²) < 4.78 is 0. The average molecular weight is 304 g/mol. The molecule has 0 saturated carbocycles. The van der Waals surface area contributed by atoms with Gasteiger partial charge in [-0.15, -0.1) is 11.3 Å². The van der Waals surface area contributed by atoms with Crippen LogP contribution in [0.4, 0.5) is 0 Å². The van der Waals surface area contributed by atoms with E-state index in [1.807, 2.05) is 31.4 Å². The van der Waals surface area contributed by atoms with E-state index >= 15 is 0 Å². The van der Waals surface area contributed by atoms with Gasteiger partial charge in [0, 0.05) is 23.0 Å². The molecule has 0 aromatic carbocycles. The number of nitrogens with zero attached hydrogens (tertiary/aromatic N) is 1. The van der Waals surface area contributed by atoms with E-state index in [-0.39, 0.29) is 16.7 Å². The number of carbonyl (C=O) groups is 2. The fraction of sp³-hybridized carbons (Fsp3) is 0.267. The number of nitrogens with one attached hydrogen (secondary N) is 1. The highest BCUT2D eigenvalue weighted by atomic mass is 32.1. The lowest BCUT2D eigenvalue weighted by atomic mass is 9.91. The fourth-order valence-corrected chi connectivity index (χ4v) is 2.75. The highest BCUT2D eigenvalue weighted by Crippen LogP contribution is 2.26. The normalized spacial score (nSPS) is 11.1. The van der Waals surface area contributed by atoms with E-state index in [9.17, 15) is 9.59 Å². The Hall–Kier alpha value is -2.21. The van der Waals surface area contributed by atoms with Gasteiger partial charge in [0.15, 0.2) is 0 Å². The number of carbonyl (C=O) groups excluding carboxylic acids is 1. The number of pyridine rings is 1. The summed E-state index contributed by atoms with van der Waals surface area (Å²) in [6.07, 6.45) is 1.41. The monoisotopic (exact) mass is 304 g/mol. The number of rotatable bonds is 5. The first kappa shape index (κ1) is 15.2. The maximum absolute atomic E-state index is 12.2. The summed E-state index contributed by atoms with van der Waals surface area (Å²) in [4.78, 5) is 28.3. The van der Waals surface area contributed by atoms with E-state index in [0.29, 0.717) is 6.54 Å². The molecule has 2 rings (SSSR count). The van der Waals surface area contributed by atoms with E-state index < -0.39 is 11.9 Å². The largest absolute Gasteiger partial charge is 0.478 e. The fourth-order valence-electron chi connectivity index (χ4n) is 1.89. The van der Waals surface area contributed by atoms with Gasteiger partial charge in [-0.3, -0.25) is 9.78 Å². The summed E-state index contributed by atoms with van der Waals surface area (Å²) in [5, 5.41) is 13.8. The first-order valence-electron chi connectivity index (χ1n) is 6.42. The minimum atomic E-state index is -1.16. The van der Waals surface area contributed by atoms with Crippen molar-refractivity contribution in [1.29, 1.82) is 0 Å². The Morgan fingerprint density at radius 2 is 2.10 bits per heavy atom. The van der Waals surface area contributed by atoms with Crippen LogP contribution in [0.2, 0.25) is 0 Å². The van der Waals surface area contributed by atoms with Crippen LogP contribution in [0.1, 0.15) is 39.6 Å². The highest BCUT2D eigenvalue weighted by molar-refractivity contribution is 7.10. The molecule has 0 aliphatic carbocycles. The van der Waals surface area contributed by atoms with Crippen molar-refractivity contribution in [1.82, 2.24) is 10.3 Å². The summed E-state index contributed by atoms with van der Waals surface area (Å²) in [6.45, 7) is 4.45. The molecule has 2 heterocycles. The number of carboxylic acids is 1. The Balaban J connectivity index is 2.11. The van der Waals surface area contributed by atoms with E-state index in [4.69, 9.17) is 5.11 Å². The zero-order valence-electron chi connectivity index (χ0n) is 11.8. The van der Waals surface area contributed by atoms with Gasteiger partial charge in [-0.1, -0.05) is 19.9 Å². The topological polar surface area (TPSA) is 79.3 Å². The van der Waals surface area contributed by atoms with Crippen LogP contribution in [0.5, 0.6) is 0 Å². The average Bonchev–Trinajstić information content (AvgIpc) is 3.00. The van der Waals surface area contributed by atoms with Crippen molar-refractivity contribution < 1.29 is 14.7 Å². The summed E-state index contributed by atoms with van der Waals surface area (Å²) >= 11 is 1.62. The zero-order valence-corrected chi connectivity index (χ0v) is 12.6. The minimum absolute atomic E-state index is 0.0630. The number of aromatic nitrogens is 1. The van der Waals surface area contributed by atoms with Crippen LogP contribution in [0.3, 0.4) is 0 Å². The lowest BCUT2D eigenvalue weighted by Gasteiger charge is -2.23. The first-order valence-corrected chi connectivity index (χ1v) is 7.30. The van der Waals surface area contributed by atoms with Gasteiger partial charge in [0.2, 0.25) is 0 Å². The molecule has 2 N–H and O–H groups in total. The van der Waals surface area contributed by atoms with E-state index in [1.165, 1.54) is 18.3 Å². The van der Waals surface area contributed by atoms with Gasteiger partial charge in [-0.05, 0) is 23.6 Å². The van der Waals surface area contributed by atoms with E-state index in [1.54, 1.807) is 11.3 Å². The minimum Gasteiger partial charge on any atom is -0.478 e. The quantitative estimate of drug-likeness (QED) is 0.889. The molecule has 2 aromatic heterocycles. The molecule has 0 bridgehead atoms. The van der Waals surface area contributed by atoms with Gasteiger partial charge in [0.05, 0.1) is 5.56 Å². The smallest absolute Gasteiger partial charge is 0.338 e. The number of carboxylic acid groups (broad SMARTS) is 1. The second-order valence-corrected chi connectivity index (χ2v) is 6.20. The summed E-state index contributed by atoms with van der Waals surface area (Å²) in [5.74, 6) is -1.64. The Morgan fingerprint density at radius 1 is 1.33 bits per heavy atom. The van der Waals surface area contributed by atoms with Crippen molar-refractivity contribution in [3.05, 3.63) is 52.0 Å². The molecule has 0 saturated heterocycles. The molecule has 110 valence electrons. The number of amides is 1. The third kappa shape index (κ3) is 3.46. The SMILES string of the molecule is CC(C)(CNC(=O)c1ncccc1C(=O)O)c1cccs1. The maximum atomic E-state index is 12.2. The van der Waals surface area contributed by atoms with Crippen molar-refractivity contribution in [2.24, 2.45) is 0 Å². The van der Waals surface area contributed by atoms with Crippen LogP contribution in [0.15, 0.2) is 35.8 Å². The van der Waals surface area contributed by atoms with Crippen molar-refractivity contribution in [3.63, 3.8) is 0 Å². The van der Waals surface area contributed by atoms with Crippen LogP contribution < -0.4 is 5.32 Å². The van der Waals surface area contributed by atoms with Gasteiger partial charge >= 0.3 is 5.97 Å². The van der Waals surface area contributed by atoms with Gasteiger partial charge < -0.3 is 10.4 Å². The standard InChI is InChI=1S/C15H16N2O3S/c1-15(2,11-6-4-8-21-11)9-17-13(18)12-10(14(19)20)5-3-7-16-12/h3-8H,9H2,1-2H3,(H,17,18)(H,19,20). The van der Waals surface area contributed by atoms with Gasteiger partial charge in [0.25, 0.3) is 5.91 Å². The molecular formula is C15H16N2O3S. The molecule has 0 radical (unpaired) electrons. The van der Waals surface area contributed by atoms with Crippen molar-refractivity contribution in [2.45, 2.75) is 19.3 Å². The zero-order chi connectivity index (χ0) is 15.5. The van der Waals surface area contributed by atoms with Gasteiger partial charge in [-0.2, -0.15) is 0 Å². The van der Waals surface area contributed by atoms with E-state index in [2.05, 4.69) is 10.3 Å². The van der Waals surface area contributed by atoms with E-state index in [0.717, 1.165) is 4.88 Å². The summed E-state index contributed by atoms with van der Waals surface area (Å²) in [6, 6.07) is 6.84. The van der Waals surface area contributed by atoms with Crippen LogP contribution in [-0.4, -0.2) is 28.5 Å². The predicted molar refractivity (Wildman–Crippen MR) is 80.9 cm³/mol. The van der Waals surface area contributed by atoms with Crippen molar-refractivity contribution in [2.75, 3.05) is 6.54 Å². The number of hydrogen-bond donors (Lipinski definition) is 2. The van der Waals surface area contributed by atoms with Crippen LogP contribution in [0.25, 0.3) is 0 Å². The third-order valence-electron chi connectivity index (χ3n) is 3.13. The lowest BCUT2D eigenvalue weighted by Crippen LogP contribution is -2.37. The maximum Gasteiger partial charge on any atom is 0.338 e. The Kier molecular flexibility index (Phi) is 4.37. The number of hydrogen-bond acceptors (Lipinski definition) is 4. The Bertz CT molecular complexity index is 651. The van der Waals surface area contributed by atoms with Gasteiger partial charge in [0.1, 0.15) is 5.69 Å². The highest BCUT2D eigenvalue weighted by Gasteiger charge is 2.24. The number of thiophene rings is 1. The van der Waals surface area contributed by atoms with Crippen molar-refractivity contribution >= 4 is 23.2 Å². The predicted octanol–water partition coefficient (Wildman–Crippen LogP) is 2.55. The molecule has 0 fully saturated rings. The molecular weight excluding hydrogens is 288 g/mol. The number of aromatic carboxylic acids is 1. The molecule has 0 spiro atoms. The third-order valence-corrected chi connectivity index (χ3v) is 4.37. The Morgan fingerprint density at radius 3 is 2.71 bits per heavy atom. The van der Waals surface area contributed by atoms with Crippen LogP contribution in [-0.2, 0) is 5.41 Å². The first-order chi connectivity index (χ1) is 9.92. The molecule has 6 heteroatoms. The summed E-state index contributed by atoms with van der Waals surface area (Å²) in [5.41, 5.74) is -0.377. The molecule has 1 amide bonds.